The minimum atomic E-state index is 0.312. The summed E-state index contributed by atoms with van der Waals surface area (Å²) in [5, 5.41) is 0. The molecule has 2 N–H and O–H groups in total. The van der Waals surface area contributed by atoms with Gasteiger partial charge in [-0.25, -0.2) is 0 Å². The van der Waals surface area contributed by atoms with Crippen LogP contribution in [0.2, 0.25) is 0 Å². The highest BCUT2D eigenvalue weighted by Crippen LogP contribution is 2.39. The third-order valence-electron chi connectivity index (χ3n) is 5.88. The molecule has 1 atom stereocenters. The van der Waals surface area contributed by atoms with Crippen LogP contribution in [0.5, 0.6) is 17.2 Å². The normalized spacial score (nSPS) is 18.8. The van der Waals surface area contributed by atoms with E-state index in [1.54, 1.807) is 7.11 Å². The molecule has 0 spiro atoms. The van der Waals surface area contributed by atoms with Crippen LogP contribution in [-0.4, -0.2) is 51.5 Å². The van der Waals surface area contributed by atoms with Crippen molar-refractivity contribution >= 4 is 11.4 Å². The average Bonchev–Trinajstić information content (AvgIpc) is 2.81. The van der Waals surface area contributed by atoms with E-state index in [2.05, 4.69) is 24.0 Å². The first-order valence-corrected chi connectivity index (χ1v) is 11.2. The van der Waals surface area contributed by atoms with Gasteiger partial charge < -0.3 is 24.7 Å². The second-order valence-corrected chi connectivity index (χ2v) is 8.16. The van der Waals surface area contributed by atoms with Gasteiger partial charge in [-0.1, -0.05) is 19.1 Å². The van der Waals surface area contributed by atoms with Gasteiger partial charge >= 0.3 is 0 Å². The molecule has 0 amide bonds. The molecule has 4 rings (SSSR count). The van der Waals surface area contributed by atoms with Crippen molar-refractivity contribution in [3.05, 3.63) is 65.8 Å². The van der Waals surface area contributed by atoms with Crippen LogP contribution in [0.25, 0.3) is 5.76 Å². The van der Waals surface area contributed by atoms with Gasteiger partial charge in [0.15, 0.2) is 11.5 Å². The lowest BCUT2D eigenvalue weighted by Gasteiger charge is -2.27. The first kappa shape index (κ1) is 22.2. The summed E-state index contributed by atoms with van der Waals surface area (Å²) < 4.78 is 23.6. The second-order valence-electron chi connectivity index (χ2n) is 8.16. The van der Waals surface area contributed by atoms with Crippen LogP contribution in [0.1, 0.15) is 30.4 Å². The number of methoxy groups -OCH3 is 1. The Morgan fingerprint density at radius 3 is 2.62 bits per heavy atom. The molecule has 6 nitrogen and oxygen atoms in total. The van der Waals surface area contributed by atoms with E-state index in [1.165, 1.54) is 5.56 Å². The Hall–Kier alpha value is -2.96. The van der Waals surface area contributed by atoms with Gasteiger partial charge in [-0.05, 0) is 60.4 Å². The van der Waals surface area contributed by atoms with Gasteiger partial charge in [0, 0.05) is 30.9 Å². The highest BCUT2D eigenvalue weighted by molar-refractivity contribution is 5.71. The van der Waals surface area contributed by atoms with Crippen molar-refractivity contribution in [1.29, 1.82) is 0 Å². The Morgan fingerprint density at radius 2 is 1.88 bits per heavy atom. The van der Waals surface area contributed by atoms with Gasteiger partial charge in [-0.2, -0.15) is 0 Å². The van der Waals surface area contributed by atoms with Crippen LogP contribution in [0.15, 0.2) is 54.6 Å². The molecule has 0 saturated carbocycles. The summed E-state index contributed by atoms with van der Waals surface area (Å²) in [6, 6.07) is 11.6. The average molecular weight is 437 g/mol. The van der Waals surface area contributed by atoms with Crippen molar-refractivity contribution < 1.29 is 18.9 Å². The maximum atomic E-state index is 6.26. The quantitative estimate of drug-likeness (QED) is 0.646. The van der Waals surface area contributed by atoms with Crippen LogP contribution in [0.3, 0.4) is 0 Å². The van der Waals surface area contributed by atoms with E-state index in [0.29, 0.717) is 24.0 Å². The number of allylic oxidation sites excluding steroid dienone is 3. The number of hydrogen-bond acceptors (Lipinski definition) is 6. The molecular weight excluding hydrogens is 404 g/mol. The van der Waals surface area contributed by atoms with Crippen molar-refractivity contribution in [2.24, 2.45) is 0 Å². The predicted octanol–water partition coefficient (Wildman–Crippen LogP) is 4.47. The fourth-order valence-corrected chi connectivity index (χ4v) is 3.99. The van der Waals surface area contributed by atoms with Crippen molar-refractivity contribution in [1.82, 2.24) is 4.90 Å². The number of benzene rings is 2. The molecular formula is C26H32N2O4. The Labute approximate surface area is 190 Å². The van der Waals surface area contributed by atoms with Gasteiger partial charge in [0.05, 0.1) is 20.3 Å². The first-order valence-electron chi connectivity index (χ1n) is 11.2. The van der Waals surface area contributed by atoms with Crippen LogP contribution < -0.4 is 19.9 Å². The van der Waals surface area contributed by atoms with Crippen LogP contribution in [0.4, 0.5) is 5.69 Å². The second kappa shape index (κ2) is 10.6. The maximum Gasteiger partial charge on any atom is 0.161 e. The van der Waals surface area contributed by atoms with Crippen molar-refractivity contribution in [3.8, 4) is 17.2 Å². The molecule has 2 aromatic carbocycles. The lowest BCUT2D eigenvalue weighted by Crippen LogP contribution is -2.38. The Kier molecular flexibility index (Phi) is 7.35. The predicted molar refractivity (Wildman–Crippen MR) is 127 cm³/mol. The summed E-state index contributed by atoms with van der Waals surface area (Å²) in [7, 11) is 1.67. The summed E-state index contributed by atoms with van der Waals surface area (Å²) in [5.74, 6) is 3.29. The highest BCUT2D eigenvalue weighted by atomic mass is 16.5. The zero-order valence-corrected chi connectivity index (χ0v) is 18.9. The number of nitrogens with zero attached hydrogens (tertiary/aromatic N) is 1. The summed E-state index contributed by atoms with van der Waals surface area (Å²) in [5.41, 5.74) is 8.72. The molecule has 1 unspecified atom stereocenters. The third kappa shape index (κ3) is 5.44. The van der Waals surface area contributed by atoms with Crippen LogP contribution in [-0.2, 0) is 4.74 Å². The molecule has 1 heterocycles. The first-order chi connectivity index (χ1) is 15.6. The van der Waals surface area contributed by atoms with Crippen molar-refractivity contribution in [2.45, 2.75) is 19.3 Å². The number of morpholine rings is 1. The van der Waals surface area contributed by atoms with Gasteiger partial charge in [0.25, 0.3) is 0 Å². The number of nitrogen functional groups attached to an aromatic ring is 1. The minimum Gasteiger partial charge on any atom is -0.493 e. The Morgan fingerprint density at radius 1 is 1.09 bits per heavy atom. The van der Waals surface area contributed by atoms with Crippen LogP contribution >= 0.6 is 0 Å². The zero-order chi connectivity index (χ0) is 22.3. The van der Waals surface area contributed by atoms with Crippen molar-refractivity contribution in [3.63, 3.8) is 0 Å². The third-order valence-corrected chi connectivity index (χ3v) is 5.88. The molecule has 1 aliphatic heterocycles. The number of ether oxygens (including phenoxy) is 4. The number of rotatable bonds is 7. The molecule has 6 heteroatoms. The number of hydrogen-bond donors (Lipinski definition) is 1. The lowest BCUT2D eigenvalue weighted by atomic mass is 9.90. The van der Waals surface area contributed by atoms with E-state index in [0.717, 1.165) is 62.1 Å². The lowest BCUT2D eigenvalue weighted by molar-refractivity contribution is 0.0321. The molecule has 170 valence electrons. The smallest absolute Gasteiger partial charge is 0.161 e. The monoisotopic (exact) mass is 436 g/mol. The molecule has 32 heavy (non-hydrogen) atoms. The van der Waals surface area contributed by atoms with Crippen LogP contribution in [0, 0.1) is 0 Å². The van der Waals surface area contributed by atoms with E-state index in [4.69, 9.17) is 24.7 Å². The minimum absolute atomic E-state index is 0.312. The standard InChI is InChI=1S/C26H32N2O4/c1-19-5-3-4-6-24(32-21-9-7-20(27)8-10-21)23-18-25(29-2)26(17-22(19)23)31-16-13-28-11-14-30-15-12-28/h3-4,6-10,17-19H,5,11-16,27H2,1-2H3. The SMILES string of the molecule is COc1cc2c(cc1OCCN1CCOCC1)C(C)CC=CC=C2Oc1ccc(N)cc1. The fourth-order valence-electron chi connectivity index (χ4n) is 3.99. The summed E-state index contributed by atoms with van der Waals surface area (Å²) >= 11 is 0. The van der Waals surface area contributed by atoms with Gasteiger partial charge in [-0.15, -0.1) is 0 Å². The largest absolute Gasteiger partial charge is 0.493 e. The number of anilines is 1. The fraction of sp³-hybridized carbons (Fsp3) is 0.385. The maximum absolute atomic E-state index is 6.26. The summed E-state index contributed by atoms with van der Waals surface area (Å²) in [6.07, 6.45) is 7.16. The molecule has 0 aromatic heterocycles. The Bertz CT molecular complexity index is 963. The van der Waals surface area contributed by atoms with E-state index in [9.17, 15) is 0 Å². The molecule has 0 radical (unpaired) electrons. The van der Waals surface area contributed by atoms with E-state index >= 15 is 0 Å². The molecule has 1 saturated heterocycles. The number of fused-ring (bicyclic) bond motifs is 1. The van der Waals surface area contributed by atoms with E-state index < -0.39 is 0 Å². The molecule has 2 aromatic rings. The van der Waals surface area contributed by atoms with E-state index in [-0.39, 0.29) is 0 Å². The molecule has 0 bridgehead atoms. The van der Waals surface area contributed by atoms with Gasteiger partial charge in [0.1, 0.15) is 18.1 Å². The molecule has 2 aliphatic rings. The van der Waals surface area contributed by atoms with Gasteiger partial charge in [0.2, 0.25) is 0 Å². The number of nitrogens with two attached hydrogens (primary N) is 1. The van der Waals surface area contributed by atoms with Gasteiger partial charge in [-0.3, -0.25) is 4.90 Å². The highest BCUT2D eigenvalue weighted by Gasteiger charge is 2.21. The zero-order valence-electron chi connectivity index (χ0n) is 18.9. The van der Waals surface area contributed by atoms with E-state index in [1.807, 2.05) is 42.5 Å². The summed E-state index contributed by atoms with van der Waals surface area (Å²) in [4.78, 5) is 2.36. The Balaban J connectivity index is 1.58. The van der Waals surface area contributed by atoms with Crippen molar-refractivity contribution in [2.75, 3.05) is 52.3 Å². The molecule has 1 fully saturated rings. The summed E-state index contributed by atoms with van der Waals surface area (Å²) in [6.45, 7) is 7.17. The molecule has 1 aliphatic carbocycles. The topological polar surface area (TPSA) is 66.2 Å².